The molecule has 0 N–H and O–H groups in total. The highest BCUT2D eigenvalue weighted by Crippen LogP contribution is 2.84. The largest absolute Gasteiger partial charge is 0.133 e. The summed E-state index contributed by atoms with van der Waals surface area (Å²) in [5.74, 6) is 0. The first-order valence-corrected chi connectivity index (χ1v) is 42.5. The lowest BCUT2D eigenvalue weighted by Crippen LogP contribution is -2.13. The van der Waals surface area contributed by atoms with E-state index in [-0.39, 0.29) is 0 Å². The summed E-state index contributed by atoms with van der Waals surface area (Å²) in [6.45, 7) is 0. The number of hydrogen-bond acceptors (Lipinski definition) is 0. The molecule has 0 atom stereocenters. The minimum Gasteiger partial charge on any atom is -0.133 e. The Labute approximate surface area is 604 Å². The van der Waals surface area contributed by atoms with E-state index < -0.39 is 50.1 Å². The highest BCUT2D eigenvalue weighted by molar-refractivity contribution is 8.36. The number of benzene rings is 16. The monoisotopic (exact) mass is 1390 g/mol. The maximum atomic E-state index is 2.72. The standard InChI is InChI=1S/C96H76S5/c1-15-43-77(44-16-1)97(78-45-17-2-18-46-78,79-47-19-3-20-48-79)91-71-92(98(80-49-21-4-22-50-80,81-51-23-5-24-52-81)82-53-25-6-26-54-82)74-95(73-91)101(89-67-39-13-40-68-89,90-69-41-14-42-70-90)96-75-93(99(83-55-27-7-28-56-83,84-57-29-8-30-58-84)85-59-31-9-32-60-85)72-94(76-96)100(86-61-33-10-34-62-86,87-63-35-11-36-64-87)88-65-37-12-38-66-88/h1-76H. The van der Waals surface area contributed by atoms with Crippen LogP contribution in [0.5, 0.6) is 0 Å². The molecule has 0 amide bonds. The molecule has 0 fully saturated rings. The average Bonchev–Trinajstić information content (AvgIpc) is 0.689. The molecule has 16 rings (SSSR count). The van der Waals surface area contributed by atoms with Crippen LogP contribution in [0.3, 0.4) is 0 Å². The lowest BCUT2D eigenvalue weighted by atomic mass is 10.3. The van der Waals surface area contributed by atoms with Gasteiger partial charge in [-0.15, -0.1) is 50.1 Å². The summed E-state index contributed by atoms with van der Waals surface area (Å²) in [7, 11) is -12.4. The predicted octanol–water partition coefficient (Wildman–Crippen LogP) is 28.4. The van der Waals surface area contributed by atoms with E-state index in [0.717, 1.165) is 0 Å². The third-order valence-electron chi connectivity index (χ3n) is 19.2. The molecule has 0 unspecified atom stereocenters. The Bertz CT molecular complexity index is 4320. The van der Waals surface area contributed by atoms with E-state index in [9.17, 15) is 0 Å². The van der Waals surface area contributed by atoms with Crippen LogP contribution in [-0.4, -0.2) is 0 Å². The summed E-state index contributed by atoms with van der Waals surface area (Å²) in [6.07, 6.45) is 0. The summed E-state index contributed by atoms with van der Waals surface area (Å²) in [5, 5.41) is 0. The fourth-order valence-corrected chi connectivity index (χ4v) is 35.2. The van der Waals surface area contributed by atoms with Crippen LogP contribution in [0.25, 0.3) is 0 Å². The summed E-state index contributed by atoms with van der Waals surface area (Å²) in [6, 6.07) is 177. The third kappa shape index (κ3) is 11.3. The van der Waals surface area contributed by atoms with Gasteiger partial charge in [-0.05, 0) is 206 Å². The first-order valence-electron chi connectivity index (χ1n) is 34.3. The van der Waals surface area contributed by atoms with Crippen LogP contribution in [0.2, 0.25) is 0 Å². The maximum absolute atomic E-state index is 2.78. The van der Waals surface area contributed by atoms with Gasteiger partial charge in [0, 0.05) is 97.9 Å². The van der Waals surface area contributed by atoms with Crippen molar-refractivity contribution >= 4 is 50.1 Å². The molecule has 101 heavy (non-hydrogen) atoms. The molecule has 0 saturated carbocycles. The molecule has 0 radical (unpaired) electrons. The van der Waals surface area contributed by atoms with Crippen molar-refractivity contribution in [3.8, 4) is 0 Å². The highest BCUT2D eigenvalue weighted by atomic mass is 32.3. The zero-order chi connectivity index (χ0) is 67.8. The molecule has 0 nitrogen and oxygen atoms in total. The zero-order valence-electron chi connectivity index (χ0n) is 55.9. The molecule has 16 aromatic rings. The van der Waals surface area contributed by atoms with Crippen molar-refractivity contribution in [2.75, 3.05) is 0 Å². The van der Waals surface area contributed by atoms with Gasteiger partial charge in [-0.3, -0.25) is 0 Å². The summed E-state index contributed by atoms with van der Waals surface area (Å²) < 4.78 is 0. The molecule has 0 aliphatic carbocycles. The Balaban J connectivity index is 1.19. The minimum atomic E-state index is -2.78. The van der Waals surface area contributed by atoms with E-state index >= 15 is 0 Å². The van der Waals surface area contributed by atoms with Crippen LogP contribution in [0.1, 0.15) is 0 Å². The Kier molecular flexibility index (Phi) is 18.5. The molecular weight excluding hydrogens is 1310 g/mol. The Morgan fingerprint density at radius 2 is 0.149 bits per heavy atom. The van der Waals surface area contributed by atoms with Crippen molar-refractivity contribution in [2.24, 2.45) is 0 Å². The molecule has 16 aromatic carbocycles. The molecular formula is C96H76S5. The van der Waals surface area contributed by atoms with Gasteiger partial charge in [0.2, 0.25) is 0 Å². The number of hydrogen-bond donors (Lipinski definition) is 0. The third-order valence-corrected chi connectivity index (χ3v) is 38.5. The number of rotatable bonds is 20. The normalized spacial score (nSPS) is 12.8. The first kappa shape index (κ1) is 64.9. The van der Waals surface area contributed by atoms with Crippen LogP contribution in [0.15, 0.2) is 559 Å². The molecule has 0 bridgehead atoms. The fraction of sp³-hybridized carbons (Fsp3) is 0. The van der Waals surface area contributed by atoms with Crippen LogP contribution in [0.4, 0.5) is 0 Å². The van der Waals surface area contributed by atoms with Crippen molar-refractivity contribution < 1.29 is 0 Å². The summed E-state index contributed by atoms with van der Waals surface area (Å²) in [4.78, 5) is 25.1. The molecule has 0 aromatic heterocycles. The van der Waals surface area contributed by atoms with Crippen molar-refractivity contribution in [2.45, 2.75) is 97.9 Å². The predicted molar refractivity (Wildman–Crippen MR) is 426 cm³/mol. The maximum Gasteiger partial charge on any atom is 0.00448 e. The summed E-state index contributed by atoms with van der Waals surface area (Å²) in [5.41, 5.74) is 0. The van der Waals surface area contributed by atoms with Gasteiger partial charge in [-0.2, -0.15) is 0 Å². The molecule has 0 spiro atoms. The first-order chi connectivity index (χ1) is 50.1. The van der Waals surface area contributed by atoms with Gasteiger partial charge < -0.3 is 0 Å². The second-order valence-corrected chi connectivity index (χ2v) is 40.3. The van der Waals surface area contributed by atoms with Crippen molar-refractivity contribution in [3.05, 3.63) is 461 Å². The van der Waals surface area contributed by atoms with Crippen LogP contribution < -0.4 is 0 Å². The minimum absolute atomic E-state index is 1.23. The average molecular weight is 1390 g/mol. The van der Waals surface area contributed by atoms with Crippen molar-refractivity contribution in [3.63, 3.8) is 0 Å². The molecule has 0 heterocycles. The lowest BCUT2D eigenvalue weighted by molar-refractivity contribution is 1.10. The molecule has 0 aliphatic heterocycles. The van der Waals surface area contributed by atoms with Crippen molar-refractivity contribution in [1.82, 2.24) is 0 Å². The van der Waals surface area contributed by atoms with E-state index in [0.29, 0.717) is 0 Å². The van der Waals surface area contributed by atoms with Crippen LogP contribution in [0, 0.1) is 0 Å². The van der Waals surface area contributed by atoms with E-state index in [1.165, 1.54) is 97.9 Å². The highest BCUT2D eigenvalue weighted by Gasteiger charge is 2.45. The van der Waals surface area contributed by atoms with Gasteiger partial charge in [0.1, 0.15) is 0 Å². The Morgan fingerprint density at radius 1 is 0.0792 bits per heavy atom. The zero-order valence-corrected chi connectivity index (χ0v) is 60.0. The Hall–Kier alpha value is -10.7. The van der Waals surface area contributed by atoms with E-state index in [4.69, 9.17) is 0 Å². The second-order valence-electron chi connectivity index (χ2n) is 24.7. The van der Waals surface area contributed by atoms with Gasteiger partial charge in [0.15, 0.2) is 0 Å². The second kappa shape index (κ2) is 28.9. The molecule has 5 heteroatoms. The fourth-order valence-electron chi connectivity index (χ4n) is 15.0. The van der Waals surface area contributed by atoms with Gasteiger partial charge in [-0.1, -0.05) is 255 Å². The van der Waals surface area contributed by atoms with Crippen molar-refractivity contribution in [1.29, 1.82) is 0 Å². The van der Waals surface area contributed by atoms with Crippen LogP contribution >= 0.6 is 50.1 Å². The lowest BCUT2D eigenvalue weighted by Gasteiger charge is -2.49. The Morgan fingerprint density at radius 3 is 0.228 bits per heavy atom. The SMILES string of the molecule is c1ccc(S(c2ccccc2)(c2ccccc2)c2cc(S(c3ccccc3)(c3ccccc3)c3ccccc3)cc(S(c3ccccc3)(c3ccccc3)c3cc(S(c4ccccc4)(c4ccccc4)c4ccccc4)cc(S(c4ccccc4)(c4ccccc4)c4ccccc4)c3)c2)cc1. The molecule has 0 saturated heterocycles. The topological polar surface area (TPSA) is 0 Å². The van der Waals surface area contributed by atoms with E-state index in [1.54, 1.807) is 0 Å². The van der Waals surface area contributed by atoms with Gasteiger partial charge in [-0.25, -0.2) is 0 Å². The van der Waals surface area contributed by atoms with Gasteiger partial charge in [0.05, 0.1) is 0 Å². The van der Waals surface area contributed by atoms with E-state index in [1.807, 2.05) is 0 Å². The summed E-state index contributed by atoms with van der Waals surface area (Å²) >= 11 is 0. The molecule has 490 valence electrons. The van der Waals surface area contributed by atoms with Crippen LogP contribution in [-0.2, 0) is 0 Å². The smallest absolute Gasteiger partial charge is 0.00448 e. The quantitative estimate of drug-likeness (QED) is 0.0713. The van der Waals surface area contributed by atoms with E-state index in [2.05, 4.69) is 461 Å². The molecule has 0 aliphatic rings. The van der Waals surface area contributed by atoms with Gasteiger partial charge in [0.25, 0.3) is 0 Å². The van der Waals surface area contributed by atoms with Gasteiger partial charge >= 0.3 is 0 Å².